The van der Waals surface area contributed by atoms with Crippen molar-refractivity contribution in [3.63, 3.8) is 0 Å². The number of esters is 1. The molecule has 10 nitrogen and oxygen atoms in total. The summed E-state index contributed by atoms with van der Waals surface area (Å²) in [6.07, 6.45) is -0.766. The number of phenolic OH excluding ortho intramolecular Hbond substituents is 1. The van der Waals surface area contributed by atoms with Crippen molar-refractivity contribution < 1.29 is 33.7 Å². The van der Waals surface area contributed by atoms with Crippen LogP contribution in [0.3, 0.4) is 0 Å². The number of hydrogen-bond acceptors (Lipinski definition) is 8. The Hall–Kier alpha value is -4.73. The second kappa shape index (κ2) is 12.9. The molecule has 0 aliphatic heterocycles. The summed E-state index contributed by atoms with van der Waals surface area (Å²) >= 11 is 0. The van der Waals surface area contributed by atoms with Crippen molar-refractivity contribution in [3.8, 4) is 17.2 Å². The zero-order valence-electron chi connectivity index (χ0n) is 23.4. The van der Waals surface area contributed by atoms with Gasteiger partial charge >= 0.3 is 5.97 Å². The van der Waals surface area contributed by atoms with Gasteiger partial charge in [-0.2, -0.15) is 0 Å². The predicted octanol–water partition coefficient (Wildman–Crippen LogP) is 5.62. The van der Waals surface area contributed by atoms with Gasteiger partial charge in [0.1, 0.15) is 17.2 Å². The highest BCUT2D eigenvalue weighted by Crippen LogP contribution is 2.31. The molecule has 0 radical (unpaired) electrons. The Balaban J connectivity index is 1.88. The van der Waals surface area contributed by atoms with Gasteiger partial charge in [0.2, 0.25) is 0 Å². The topological polar surface area (TPSA) is 149 Å². The highest BCUT2D eigenvalue weighted by atomic mass is 16.5. The highest BCUT2D eigenvalue weighted by Gasteiger charge is 2.19. The fourth-order valence-electron chi connectivity index (χ4n) is 3.63. The van der Waals surface area contributed by atoms with E-state index in [0.29, 0.717) is 28.4 Å². The Morgan fingerprint density at radius 1 is 0.700 bits per heavy atom. The van der Waals surface area contributed by atoms with Crippen molar-refractivity contribution in [1.29, 1.82) is 0 Å². The second-order valence-corrected chi connectivity index (χ2v) is 9.89. The number of anilines is 3. The lowest BCUT2D eigenvalue weighted by Crippen LogP contribution is -2.18. The first-order valence-electron chi connectivity index (χ1n) is 12.9. The Labute approximate surface area is 233 Å². The van der Waals surface area contributed by atoms with E-state index < -0.39 is 17.8 Å². The van der Waals surface area contributed by atoms with E-state index in [1.165, 1.54) is 42.5 Å². The van der Waals surface area contributed by atoms with Crippen molar-refractivity contribution in [2.75, 3.05) is 16.4 Å². The maximum Gasteiger partial charge on any atom is 0.338 e. The molecule has 40 heavy (non-hydrogen) atoms. The van der Waals surface area contributed by atoms with Crippen molar-refractivity contribution in [3.05, 3.63) is 71.3 Å². The zero-order valence-corrected chi connectivity index (χ0v) is 23.4. The summed E-state index contributed by atoms with van der Waals surface area (Å²) in [6, 6.07) is 13.4. The average Bonchev–Trinajstić information content (AvgIpc) is 2.84. The molecule has 2 amide bonds. The van der Waals surface area contributed by atoms with Gasteiger partial charge in [-0.25, -0.2) is 4.79 Å². The fraction of sp³-hybridized carbons (Fsp3) is 0.300. The first-order chi connectivity index (χ1) is 18.8. The molecule has 10 heteroatoms. The fourth-order valence-corrected chi connectivity index (χ4v) is 3.63. The average molecular weight is 550 g/mol. The first-order valence-corrected chi connectivity index (χ1v) is 12.9. The van der Waals surface area contributed by atoms with Gasteiger partial charge in [0.05, 0.1) is 40.8 Å². The maximum atomic E-state index is 13.2. The van der Waals surface area contributed by atoms with Crippen LogP contribution in [-0.2, 0) is 4.74 Å². The molecule has 0 saturated carbocycles. The third-order valence-corrected chi connectivity index (χ3v) is 5.29. The number of benzene rings is 3. The van der Waals surface area contributed by atoms with Gasteiger partial charge in [0.15, 0.2) is 0 Å². The maximum absolute atomic E-state index is 13.2. The Bertz CT molecular complexity index is 1400. The number of nitrogen functional groups attached to an aromatic ring is 1. The molecular weight excluding hydrogens is 514 g/mol. The van der Waals surface area contributed by atoms with E-state index in [2.05, 4.69) is 10.6 Å². The number of rotatable bonds is 10. The lowest BCUT2D eigenvalue weighted by molar-refractivity contribution is 0.0377. The van der Waals surface area contributed by atoms with Crippen LogP contribution in [0.5, 0.6) is 17.2 Å². The van der Waals surface area contributed by atoms with Crippen LogP contribution in [0.1, 0.15) is 72.6 Å². The number of nitrogens with two attached hydrogens (primary N) is 1. The molecule has 3 aromatic rings. The number of amides is 2. The van der Waals surface area contributed by atoms with Crippen LogP contribution < -0.4 is 25.8 Å². The zero-order chi connectivity index (χ0) is 29.6. The van der Waals surface area contributed by atoms with E-state index in [1.807, 2.05) is 27.7 Å². The van der Waals surface area contributed by atoms with E-state index in [-0.39, 0.29) is 40.9 Å². The van der Waals surface area contributed by atoms with Gasteiger partial charge in [0.25, 0.3) is 11.8 Å². The lowest BCUT2D eigenvalue weighted by atomic mass is 10.1. The summed E-state index contributed by atoms with van der Waals surface area (Å²) in [5, 5.41) is 15.6. The lowest BCUT2D eigenvalue weighted by Gasteiger charge is -2.18. The minimum absolute atomic E-state index is 0.0323. The molecule has 5 N–H and O–H groups in total. The van der Waals surface area contributed by atoms with Crippen LogP contribution >= 0.6 is 0 Å². The van der Waals surface area contributed by atoms with E-state index >= 15 is 0 Å². The minimum atomic E-state index is -0.574. The summed E-state index contributed by atoms with van der Waals surface area (Å²) in [5.41, 5.74) is 7.22. The van der Waals surface area contributed by atoms with Gasteiger partial charge in [-0.05, 0) is 90.1 Å². The standard InChI is InChI=1S/C30H35N3O7/c1-16(2)38-26-13-19(7-11-24(26)33-29(36)22-10-9-21(31)15-25(22)34)28(35)32-23-12-8-20(30(37)40-18(5)6)14-27(23)39-17(3)4/h7-18,34H,31H2,1-6H3,(H,32,35)(H,33,36). The first kappa shape index (κ1) is 29.8. The molecule has 0 bridgehead atoms. The minimum Gasteiger partial charge on any atom is -0.507 e. The number of carbonyl (C=O) groups is 3. The Morgan fingerprint density at radius 2 is 1.23 bits per heavy atom. The van der Waals surface area contributed by atoms with E-state index in [9.17, 15) is 19.5 Å². The molecule has 0 atom stereocenters. The molecule has 212 valence electrons. The summed E-state index contributed by atoms with van der Waals surface area (Å²) < 4.78 is 17.0. The van der Waals surface area contributed by atoms with E-state index in [1.54, 1.807) is 26.0 Å². The van der Waals surface area contributed by atoms with Crippen LogP contribution in [-0.4, -0.2) is 41.2 Å². The number of carbonyl (C=O) groups excluding carboxylic acids is 3. The molecule has 0 spiro atoms. The molecule has 0 saturated heterocycles. The largest absolute Gasteiger partial charge is 0.507 e. The number of hydrogen-bond donors (Lipinski definition) is 4. The number of ether oxygens (including phenoxy) is 3. The third kappa shape index (κ3) is 7.89. The smallest absolute Gasteiger partial charge is 0.338 e. The summed E-state index contributed by atoms with van der Waals surface area (Å²) in [6.45, 7) is 10.8. The summed E-state index contributed by atoms with van der Waals surface area (Å²) in [4.78, 5) is 38.4. The van der Waals surface area contributed by atoms with Crippen molar-refractivity contribution >= 4 is 34.8 Å². The SMILES string of the molecule is CC(C)OC(=O)c1ccc(NC(=O)c2ccc(NC(=O)c3ccc(N)cc3O)c(OC(C)C)c2)c(OC(C)C)c1. The Kier molecular flexibility index (Phi) is 9.60. The molecule has 0 unspecified atom stereocenters. The molecule has 0 heterocycles. The summed E-state index contributed by atoms with van der Waals surface area (Å²) in [5.74, 6) is -1.22. The molecule has 0 aliphatic rings. The van der Waals surface area contributed by atoms with Crippen LogP contribution in [0.25, 0.3) is 0 Å². The molecule has 0 fully saturated rings. The number of phenols is 1. The second-order valence-electron chi connectivity index (χ2n) is 9.89. The van der Waals surface area contributed by atoms with Crippen molar-refractivity contribution in [1.82, 2.24) is 0 Å². The van der Waals surface area contributed by atoms with Gasteiger partial charge in [-0.3, -0.25) is 9.59 Å². The van der Waals surface area contributed by atoms with Crippen molar-refractivity contribution in [2.24, 2.45) is 0 Å². The molecule has 3 aromatic carbocycles. The van der Waals surface area contributed by atoms with Gasteiger partial charge in [-0.15, -0.1) is 0 Å². The van der Waals surface area contributed by atoms with Crippen LogP contribution in [0.15, 0.2) is 54.6 Å². The highest BCUT2D eigenvalue weighted by molar-refractivity contribution is 6.09. The molecule has 0 aliphatic carbocycles. The van der Waals surface area contributed by atoms with E-state index in [0.717, 1.165) is 0 Å². The molecule has 0 aromatic heterocycles. The normalized spacial score (nSPS) is 10.9. The molecule has 3 rings (SSSR count). The van der Waals surface area contributed by atoms with E-state index in [4.69, 9.17) is 19.9 Å². The monoisotopic (exact) mass is 549 g/mol. The number of nitrogens with one attached hydrogen (secondary N) is 2. The summed E-state index contributed by atoms with van der Waals surface area (Å²) in [7, 11) is 0. The van der Waals surface area contributed by atoms with Gasteiger partial charge < -0.3 is 35.7 Å². The van der Waals surface area contributed by atoms with Gasteiger partial charge in [0, 0.05) is 17.3 Å². The quantitative estimate of drug-likeness (QED) is 0.188. The van der Waals surface area contributed by atoms with Crippen LogP contribution in [0.4, 0.5) is 17.1 Å². The van der Waals surface area contributed by atoms with Crippen LogP contribution in [0, 0.1) is 0 Å². The third-order valence-electron chi connectivity index (χ3n) is 5.29. The van der Waals surface area contributed by atoms with Gasteiger partial charge in [-0.1, -0.05) is 0 Å². The molecular formula is C30H35N3O7. The van der Waals surface area contributed by atoms with Crippen molar-refractivity contribution in [2.45, 2.75) is 59.9 Å². The van der Waals surface area contributed by atoms with Crippen LogP contribution in [0.2, 0.25) is 0 Å². The Morgan fingerprint density at radius 3 is 1.75 bits per heavy atom. The number of aromatic hydroxyl groups is 1. The predicted molar refractivity (Wildman–Crippen MR) is 153 cm³/mol.